The van der Waals surface area contributed by atoms with Crippen LogP contribution in [-0.2, 0) is 12.8 Å². The van der Waals surface area contributed by atoms with Gasteiger partial charge in [-0.2, -0.15) is 0 Å². The number of guanidine groups is 1. The van der Waals surface area contributed by atoms with Crippen LogP contribution in [0.5, 0.6) is 0 Å². The van der Waals surface area contributed by atoms with Gasteiger partial charge in [-0.05, 0) is 67.7 Å². The summed E-state index contributed by atoms with van der Waals surface area (Å²) in [5.74, 6) is 1.37. The highest BCUT2D eigenvalue weighted by atomic mass is 16.3. The molecule has 0 radical (unpaired) electrons. The standard InChI is InChI=1S/C20H28N4O/c1-3-24(4-2)18(19-9-6-12-25-19)14-22-20(21)23-17-11-10-15-7-5-8-16(15)13-17/h6,9-13,18H,3-5,7-8,14H2,1-2H3,(H3,21,22,23). The highest BCUT2D eigenvalue weighted by molar-refractivity contribution is 5.92. The number of nitrogens with two attached hydrogens (primary N) is 1. The number of fused-ring (bicyclic) bond motifs is 1. The van der Waals surface area contributed by atoms with E-state index in [1.165, 1.54) is 24.0 Å². The fourth-order valence-corrected chi connectivity index (χ4v) is 3.55. The van der Waals surface area contributed by atoms with Crippen LogP contribution in [0.25, 0.3) is 0 Å². The Morgan fingerprint density at radius 3 is 2.76 bits per heavy atom. The van der Waals surface area contributed by atoms with Crippen molar-refractivity contribution in [3.05, 3.63) is 53.5 Å². The van der Waals surface area contributed by atoms with E-state index in [1.54, 1.807) is 6.26 Å². The van der Waals surface area contributed by atoms with Crippen LogP contribution >= 0.6 is 0 Å². The topological polar surface area (TPSA) is 66.8 Å². The van der Waals surface area contributed by atoms with Crippen molar-refractivity contribution < 1.29 is 4.42 Å². The van der Waals surface area contributed by atoms with Crippen molar-refractivity contribution in [2.45, 2.75) is 39.2 Å². The summed E-state index contributed by atoms with van der Waals surface area (Å²) in [6.07, 6.45) is 5.30. The minimum Gasteiger partial charge on any atom is -0.468 e. The Balaban J connectivity index is 1.68. The fourth-order valence-electron chi connectivity index (χ4n) is 3.55. The van der Waals surface area contributed by atoms with E-state index in [9.17, 15) is 0 Å². The second kappa shape index (κ2) is 8.21. The molecule has 3 N–H and O–H groups in total. The predicted molar refractivity (Wildman–Crippen MR) is 103 cm³/mol. The third-order valence-electron chi connectivity index (χ3n) is 4.93. The summed E-state index contributed by atoms with van der Waals surface area (Å²) in [6, 6.07) is 10.5. The van der Waals surface area contributed by atoms with E-state index in [0.717, 1.165) is 31.0 Å². The van der Waals surface area contributed by atoms with Gasteiger partial charge in [0.1, 0.15) is 5.76 Å². The van der Waals surface area contributed by atoms with E-state index in [-0.39, 0.29) is 6.04 Å². The zero-order valence-corrected chi connectivity index (χ0v) is 15.2. The summed E-state index contributed by atoms with van der Waals surface area (Å²) in [4.78, 5) is 6.89. The Kier molecular flexibility index (Phi) is 5.76. The number of furan rings is 1. The molecule has 1 unspecified atom stereocenters. The highest BCUT2D eigenvalue weighted by Gasteiger charge is 2.20. The average molecular weight is 340 g/mol. The first-order valence-electron chi connectivity index (χ1n) is 9.17. The van der Waals surface area contributed by atoms with Gasteiger partial charge in [0.15, 0.2) is 5.96 Å². The molecule has 1 aromatic carbocycles. The molecular formula is C20H28N4O. The first-order valence-corrected chi connectivity index (χ1v) is 9.17. The normalized spacial score (nSPS) is 15.4. The van der Waals surface area contributed by atoms with Gasteiger partial charge in [-0.3, -0.25) is 9.89 Å². The second-order valence-corrected chi connectivity index (χ2v) is 6.44. The molecule has 0 aliphatic heterocycles. The summed E-state index contributed by atoms with van der Waals surface area (Å²) in [5, 5.41) is 3.23. The average Bonchev–Trinajstić information content (AvgIpc) is 3.29. The Hall–Kier alpha value is -2.27. The number of aliphatic imine (C=N–C) groups is 1. The molecule has 1 aliphatic carbocycles. The summed E-state index contributed by atoms with van der Waals surface area (Å²) in [6.45, 7) is 6.74. The first kappa shape index (κ1) is 17.5. The number of aryl methyl sites for hydroxylation is 2. The summed E-state index contributed by atoms with van der Waals surface area (Å²) < 4.78 is 5.61. The molecule has 0 saturated heterocycles. The molecule has 0 saturated carbocycles. The van der Waals surface area contributed by atoms with Crippen molar-refractivity contribution in [3.8, 4) is 0 Å². The molecule has 1 aromatic heterocycles. The molecule has 0 amide bonds. The van der Waals surface area contributed by atoms with Gasteiger partial charge in [0.2, 0.25) is 0 Å². The van der Waals surface area contributed by atoms with Crippen LogP contribution in [0.4, 0.5) is 5.69 Å². The van der Waals surface area contributed by atoms with Crippen molar-refractivity contribution in [1.82, 2.24) is 4.90 Å². The number of nitrogens with zero attached hydrogens (tertiary/aromatic N) is 2. The minimum atomic E-state index is 0.102. The fraction of sp³-hybridized carbons (Fsp3) is 0.450. The smallest absolute Gasteiger partial charge is 0.193 e. The van der Waals surface area contributed by atoms with Gasteiger partial charge in [-0.15, -0.1) is 0 Å². The highest BCUT2D eigenvalue weighted by Crippen LogP contribution is 2.25. The lowest BCUT2D eigenvalue weighted by Gasteiger charge is -2.26. The summed E-state index contributed by atoms with van der Waals surface area (Å²) in [5.41, 5.74) is 10.0. The predicted octanol–water partition coefficient (Wildman–Crippen LogP) is 3.58. The van der Waals surface area contributed by atoms with E-state index in [2.05, 4.69) is 47.3 Å². The van der Waals surface area contributed by atoms with Crippen molar-refractivity contribution in [2.75, 3.05) is 25.0 Å². The number of likely N-dealkylation sites (N-methyl/N-ethyl adjacent to an activating group) is 1. The molecule has 0 spiro atoms. The van der Waals surface area contributed by atoms with Gasteiger partial charge >= 0.3 is 0 Å². The molecule has 1 heterocycles. The first-order chi connectivity index (χ1) is 12.2. The number of hydrogen-bond acceptors (Lipinski definition) is 3. The van der Waals surface area contributed by atoms with Crippen LogP contribution in [0.2, 0.25) is 0 Å². The molecule has 0 fully saturated rings. The third-order valence-corrected chi connectivity index (χ3v) is 4.93. The molecule has 2 aromatic rings. The van der Waals surface area contributed by atoms with Crippen molar-refractivity contribution in [1.29, 1.82) is 0 Å². The summed E-state index contributed by atoms with van der Waals surface area (Å²) >= 11 is 0. The lowest BCUT2D eigenvalue weighted by atomic mass is 10.1. The lowest BCUT2D eigenvalue weighted by Crippen LogP contribution is -2.31. The van der Waals surface area contributed by atoms with Gasteiger partial charge in [0.25, 0.3) is 0 Å². The van der Waals surface area contributed by atoms with Crippen LogP contribution in [0.1, 0.15) is 43.2 Å². The number of nitrogens with one attached hydrogen (secondary N) is 1. The zero-order valence-electron chi connectivity index (χ0n) is 15.2. The van der Waals surface area contributed by atoms with E-state index in [0.29, 0.717) is 12.5 Å². The molecule has 134 valence electrons. The lowest BCUT2D eigenvalue weighted by molar-refractivity contribution is 0.198. The van der Waals surface area contributed by atoms with Crippen molar-refractivity contribution in [2.24, 2.45) is 10.7 Å². The van der Waals surface area contributed by atoms with Gasteiger partial charge in [-0.25, -0.2) is 0 Å². The Morgan fingerprint density at radius 1 is 1.24 bits per heavy atom. The molecule has 1 aliphatic rings. The second-order valence-electron chi connectivity index (χ2n) is 6.44. The van der Waals surface area contributed by atoms with Gasteiger partial charge in [-0.1, -0.05) is 19.9 Å². The Morgan fingerprint density at radius 2 is 2.04 bits per heavy atom. The Bertz CT molecular complexity index is 704. The SMILES string of the molecule is CCN(CC)C(CN=C(N)Nc1ccc2c(c1)CCC2)c1ccco1. The van der Waals surface area contributed by atoms with Crippen LogP contribution in [0, 0.1) is 0 Å². The molecular weight excluding hydrogens is 312 g/mol. The molecule has 1 atom stereocenters. The van der Waals surface area contributed by atoms with Crippen LogP contribution in [0.3, 0.4) is 0 Å². The van der Waals surface area contributed by atoms with Gasteiger partial charge in [0.05, 0.1) is 18.8 Å². The van der Waals surface area contributed by atoms with E-state index in [4.69, 9.17) is 10.2 Å². The summed E-state index contributed by atoms with van der Waals surface area (Å²) in [7, 11) is 0. The Labute approximate surface area is 149 Å². The molecule has 3 rings (SSSR count). The van der Waals surface area contributed by atoms with Crippen molar-refractivity contribution in [3.63, 3.8) is 0 Å². The maximum absolute atomic E-state index is 6.13. The maximum atomic E-state index is 6.13. The minimum absolute atomic E-state index is 0.102. The van der Waals surface area contributed by atoms with Crippen LogP contribution in [0.15, 0.2) is 46.0 Å². The molecule has 5 nitrogen and oxygen atoms in total. The third kappa shape index (κ3) is 4.23. The van der Waals surface area contributed by atoms with Crippen LogP contribution in [-0.4, -0.2) is 30.5 Å². The number of anilines is 1. The van der Waals surface area contributed by atoms with Gasteiger partial charge in [0, 0.05) is 5.69 Å². The van der Waals surface area contributed by atoms with E-state index in [1.807, 2.05) is 12.1 Å². The number of hydrogen-bond donors (Lipinski definition) is 2. The molecule has 25 heavy (non-hydrogen) atoms. The van der Waals surface area contributed by atoms with E-state index < -0.39 is 0 Å². The largest absolute Gasteiger partial charge is 0.468 e. The quantitative estimate of drug-likeness (QED) is 0.597. The monoisotopic (exact) mass is 340 g/mol. The number of rotatable bonds is 7. The zero-order chi connectivity index (χ0) is 17.6. The molecule has 0 bridgehead atoms. The maximum Gasteiger partial charge on any atom is 0.193 e. The van der Waals surface area contributed by atoms with Crippen molar-refractivity contribution >= 4 is 11.6 Å². The van der Waals surface area contributed by atoms with Crippen LogP contribution < -0.4 is 11.1 Å². The van der Waals surface area contributed by atoms with E-state index >= 15 is 0 Å². The number of benzene rings is 1. The van der Waals surface area contributed by atoms with Gasteiger partial charge < -0.3 is 15.5 Å². The molecule has 5 heteroatoms.